The van der Waals surface area contributed by atoms with Crippen LogP contribution in [-0.4, -0.2) is 11.1 Å². The number of rotatable bonds is 4. The van der Waals surface area contributed by atoms with E-state index in [2.05, 4.69) is 11.1 Å². The van der Waals surface area contributed by atoms with Gasteiger partial charge in [-0.15, -0.1) is 0 Å². The first-order valence-corrected chi connectivity index (χ1v) is 6.60. The molecule has 0 bridgehead atoms. The highest BCUT2D eigenvalue weighted by Gasteiger charge is 2.06. The van der Waals surface area contributed by atoms with Gasteiger partial charge in [-0.1, -0.05) is 11.6 Å². The summed E-state index contributed by atoms with van der Waals surface area (Å²) in [6.45, 7) is 3.98. The van der Waals surface area contributed by atoms with Crippen LogP contribution < -0.4 is 4.74 Å². The molecule has 1 aromatic carbocycles. The van der Waals surface area contributed by atoms with E-state index in [1.807, 2.05) is 38.1 Å². The van der Waals surface area contributed by atoms with Crippen molar-refractivity contribution in [3.05, 3.63) is 35.0 Å². The van der Waals surface area contributed by atoms with Gasteiger partial charge in [-0.25, -0.2) is 4.98 Å². The molecule has 0 saturated carbocycles. The number of hydrogen-bond donors (Lipinski definition) is 0. The first kappa shape index (κ1) is 13.6. The molecular formula is C15H15ClN2O. The zero-order valence-corrected chi connectivity index (χ0v) is 11.7. The number of nitrogens with zero attached hydrogens (tertiary/aromatic N) is 2. The lowest BCUT2D eigenvalue weighted by Gasteiger charge is -2.11. The summed E-state index contributed by atoms with van der Waals surface area (Å²) in [7, 11) is 0. The van der Waals surface area contributed by atoms with Crippen molar-refractivity contribution in [2.45, 2.75) is 32.8 Å². The van der Waals surface area contributed by atoms with Crippen LogP contribution in [0.2, 0.25) is 5.15 Å². The van der Waals surface area contributed by atoms with Crippen LogP contribution >= 0.6 is 11.6 Å². The van der Waals surface area contributed by atoms with E-state index in [-0.39, 0.29) is 6.10 Å². The predicted molar refractivity (Wildman–Crippen MR) is 76.5 cm³/mol. The molecule has 0 spiro atoms. The molecule has 3 nitrogen and oxygen atoms in total. The largest absolute Gasteiger partial charge is 0.491 e. The van der Waals surface area contributed by atoms with E-state index in [0.29, 0.717) is 18.0 Å². The molecule has 1 heterocycles. The van der Waals surface area contributed by atoms with Gasteiger partial charge >= 0.3 is 0 Å². The topological polar surface area (TPSA) is 45.9 Å². The van der Waals surface area contributed by atoms with Gasteiger partial charge in [0.25, 0.3) is 0 Å². The molecule has 98 valence electrons. The van der Waals surface area contributed by atoms with E-state index in [0.717, 1.165) is 22.2 Å². The third-order valence-corrected chi connectivity index (χ3v) is 3.02. The van der Waals surface area contributed by atoms with E-state index < -0.39 is 0 Å². The fourth-order valence-electron chi connectivity index (χ4n) is 1.89. The van der Waals surface area contributed by atoms with Crippen molar-refractivity contribution in [3.63, 3.8) is 0 Å². The molecule has 0 saturated heterocycles. The molecule has 0 amide bonds. The van der Waals surface area contributed by atoms with Gasteiger partial charge < -0.3 is 4.74 Å². The standard InChI is InChI=1S/C15H15ClN2O/c1-10(2)19-13-5-6-14-12(9-13)8-11(4-3-7-17)15(16)18-14/h5-6,8-10H,3-4H2,1-2H3. The minimum atomic E-state index is 0.135. The third-order valence-electron chi connectivity index (χ3n) is 2.69. The first-order valence-electron chi connectivity index (χ1n) is 6.23. The molecular weight excluding hydrogens is 260 g/mol. The van der Waals surface area contributed by atoms with Gasteiger partial charge in [0.05, 0.1) is 17.7 Å². The minimum Gasteiger partial charge on any atom is -0.491 e. The van der Waals surface area contributed by atoms with Crippen molar-refractivity contribution in [3.8, 4) is 11.8 Å². The Morgan fingerprint density at radius 1 is 1.37 bits per heavy atom. The van der Waals surface area contributed by atoms with Crippen LogP contribution in [-0.2, 0) is 6.42 Å². The van der Waals surface area contributed by atoms with Crippen LogP contribution in [0.3, 0.4) is 0 Å². The Kier molecular flexibility index (Phi) is 4.24. The maximum Gasteiger partial charge on any atom is 0.133 e. The molecule has 2 rings (SSSR count). The zero-order valence-electron chi connectivity index (χ0n) is 11.0. The summed E-state index contributed by atoms with van der Waals surface area (Å²) in [4.78, 5) is 4.35. The molecule has 0 fully saturated rings. The lowest BCUT2D eigenvalue weighted by molar-refractivity contribution is 0.243. The van der Waals surface area contributed by atoms with Crippen molar-refractivity contribution in [1.82, 2.24) is 4.98 Å². The normalized spacial score (nSPS) is 10.7. The number of nitriles is 1. The molecule has 19 heavy (non-hydrogen) atoms. The van der Waals surface area contributed by atoms with Crippen LogP contribution in [0.15, 0.2) is 24.3 Å². The summed E-state index contributed by atoms with van der Waals surface area (Å²) in [6, 6.07) is 9.84. The Balaban J connectivity index is 2.40. The van der Waals surface area contributed by atoms with Crippen molar-refractivity contribution in [2.24, 2.45) is 0 Å². The van der Waals surface area contributed by atoms with E-state index in [9.17, 15) is 0 Å². The second-order valence-corrected chi connectivity index (χ2v) is 4.98. The summed E-state index contributed by atoms with van der Waals surface area (Å²) in [5.41, 5.74) is 1.74. The van der Waals surface area contributed by atoms with Gasteiger partial charge in [0.15, 0.2) is 0 Å². The molecule has 0 aliphatic rings. The van der Waals surface area contributed by atoms with Crippen LogP contribution in [0.5, 0.6) is 5.75 Å². The molecule has 4 heteroatoms. The number of hydrogen-bond acceptors (Lipinski definition) is 3. The summed E-state index contributed by atoms with van der Waals surface area (Å²) in [5, 5.41) is 10.1. The number of aryl methyl sites for hydroxylation is 1. The van der Waals surface area contributed by atoms with E-state index in [1.54, 1.807) is 0 Å². The summed E-state index contributed by atoms with van der Waals surface area (Å²) in [5.74, 6) is 0.817. The van der Waals surface area contributed by atoms with Crippen molar-refractivity contribution < 1.29 is 4.74 Å². The Hall–Kier alpha value is -1.79. The van der Waals surface area contributed by atoms with E-state index in [4.69, 9.17) is 21.6 Å². The lowest BCUT2D eigenvalue weighted by Crippen LogP contribution is -2.05. The second-order valence-electron chi connectivity index (χ2n) is 4.62. The third kappa shape index (κ3) is 3.36. The number of aromatic nitrogens is 1. The van der Waals surface area contributed by atoms with Crippen LogP contribution in [0.4, 0.5) is 0 Å². The number of ether oxygens (including phenoxy) is 1. The average molecular weight is 275 g/mol. The Morgan fingerprint density at radius 2 is 2.16 bits per heavy atom. The molecule has 0 N–H and O–H groups in total. The maximum absolute atomic E-state index is 8.64. The van der Waals surface area contributed by atoms with Gasteiger partial charge in [0, 0.05) is 11.8 Å². The SMILES string of the molecule is CC(C)Oc1ccc2nc(Cl)c(CCC#N)cc2c1. The van der Waals surface area contributed by atoms with Crippen molar-refractivity contribution in [2.75, 3.05) is 0 Å². The van der Waals surface area contributed by atoms with Gasteiger partial charge in [-0.2, -0.15) is 5.26 Å². The Bertz CT molecular complexity index is 632. The predicted octanol–water partition coefficient (Wildman–Crippen LogP) is 4.13. The maximum atomic E-state index is 8.64. The fraction of sp³-hybridized carbons (Fsp3) is 0.333. The molecule has 2 aromatic rings. The number of benzene rings is 1. The Labute approximate surface area is 117 Å². The average Bonchev–Trinajstić information content (AvgIpc) is 2.36. The molecule has 0 unspecified atom stereocenters. The van der Waals surface area contributed by atoms with E-state index >= 15 is 0 Å². The van der Waals surface area contributed by atoms with Gasteiger partial charge in [0.1, 0.15) is 10.9 Å². The number of pyridine rings is 1. The fourth-order valence-corrected chi connectivity index (χ4v) is 2.13. The second kappa shape index (κ2) is 5.90. The smallest absolute Gasteiger partial charge is 0.133 e. The molecule has 0 aliphatic heterocycles. The molecule has 0 aliphatic carbocycles. The highest BCUT2D eigenvalue weighted by Crippen LogP contribution is 2.25. The van der Waals surface area contributed by atoms with Crippen LogP contribution in [0.25, 0.3) is 10.9 Å². The summed E-state index contributed by atoms with van der Waals surface area (Å²) < 4.78 is 5.66. The zero-order chi connectivity index (χ0) is 13.8. The van der Waals surface area contributed by atoms with Crippen LogP contribution in [0, 0.1) is 11.3 Å². The Morgan fingerprint density at radius 3 is 2.84 bits per heavy atom. The highest BCUT2D eigenvalue weighted by atomic mass is 35.5. The number of fused-ring (bicyclic) bond motifs is 1. The van der Waals surface area contributed by atoms with Gasteiger partial charge in [0.2, 0.25) is 0 Å². The van der Waals surface area contributed by atoms with Crippen molar-refractivity contribution >= 4 is 22.5 Å². The minimum absolute atomic E-state index is 0.135. The monoisotopic (exact) mass is 274 g/mol. The summed E-state index contributed by atoms with van der Waals surface area (Å²) in [6.07, 6.45) is 1.19. The van der Waals surface area contributed by atoms with E-state index in [1.165, 1.54) is 0 Å². The quantitative estimate of drug-likeness (QED) is 0.788. The van der Waals surface area contributed by atoms with Gasteiger partial charge in [-0.05, 0) is 50.1 Å². The van der Waals surface area contributed by atoms with Crippen molar-refractivity contribution in [1.29, 1.82) is 5.26 Å². The number of halogens is 1. The molecule has 1 aromatic heterocycles. The van der Waals surface area contributed by atoms with Gasteiger partial charge in [-0.3, -0.25) is 0 Å². The van der Waals surface area contributed by atoms with Crippen LogP contribution in [0.1, 0.15) is 25.8 Å². The summed E-state index contributed by atoms with van der Waals surface area (Å²) >= 11 is 6.11. The molecule has 0 atom stereocenters. The molecule has 0 radical (unpaired) electrons. The lowest BCUT2D eigenvalue weighted by atomic mass is 10.1. The first-order chi connectivity index (χ1) is 9.10. The highest BCUT2D eigenvalue weighted by molar-refractivity contribution is 6.30.